The van der Waals surface area contributed by atoms with Crippen molar-refractivity contribution in [2.45, 2.75) is 0 Å². The van der Waals surface area contributed by atoms with E-state index in [1.165, 1.54) is 5.39 Å². The molecular weight excluding hydrogens is 629 g/mol. The summed E-state index contributed by atoms with van der Waals surface area (Å²) in [6.07, 6.45) is 0. The Morgan fingerprint density at radius 1 is 0.392 bits per heavy atom. The fourth-order valence-electron chi connectivity index (χ4n) is 7.57. The van der Waals surface area contributed by atoms with Crippen molar-refractivity contribution >= 4 is 65.7 Å². The Hall–Kier alpha value is -7.05. The molecule has 51 heavy (non-hydrogen) atoms. The SMILES string of the molecule is c1ccc(-c2nc(-c3ccccc3)nc(-c3cccc4oc5c(-n6c7ccccc7c7cc8c(cc76)oc6ccccc68)cccc5c34)n2)cc1. The standard InChI is InChI=1S/C45H26N4O2/c1-3-13-27(14-4-1)43-46-44(28-15-5-2-6-16-28)48-45(47-43)32-20-12-24-39-41(32)31-19-11-22-36(42(31)51-39)49-35-21-9-7-17-29(35)33-25-34-30-18-8-10-23-38(30)50-40(34)26-37(33)49/h1-26H. The lowest BCUT2D eigenvalue weighted by Crippen LogP contribution is -2.00. The predicted molar refractivity (Wildman–Crippen MR) is 205 cm³/mol. The largest absolute Gasteiger partial charge is 0.456 e. The highest BCUT2D eigenvalue weighted by atomic mass is 16.3. The smallest absolute Gasteiger partial charge is 0.164 e. The predicted octanol–water partition coefficient (Wildman–Crippen LogP) is 11.8. The topological polar surface area (TPSA) is 69.9 Å². The molecule has 0 bridgehead atoms. The Labute approximate surface area is 290 Å². The normalized spacial score (nSPS) is 11.9. The molecule has 0 aliphatic rings. The van der Waals surface area contributed by atoms with Gasteiger partial charge in [0.05, 0.1) is 16.7 Å². The summed E-state index contributed by atoms with van der Waals surface area (Å²) in [6, 6.07) is 53.7. The maximum absolute atomic E-state index is 6.82. The van der Waals surface area contributed by atoms with Gasteiger partial charge in [0, 0.05) is 55.1 Å². The van der Waals surface area contributed by atoms with Gasteiger partial charge in [0.2, 0.25) is 0 Å². The molecule has 0 fully saturated rings. The van der Waals surface area contributed by atoms with E-state index in [4.69, 9.17) is 23.8 Å². The molecule has 0 saturated heterocycles. The van der Waals surface area contributed by atoms with Crippen LogP contribution in [-0.4, -0.2) is 19.5 Å². The average Bonchev–Trinajstić information content (AvgIpc) is 3.87. The summed E-state index contributed by atoms with van der Waals surface area (Å²) in [5.74, 6) is 1.82. The summed E-state index contributed by atoms with van der Waals surface area (Å²) in [5.41, 5.74) is 9.10. The van der Waals surface area contributed by atoms with Crippen LogP contribution < -0.4 is 0 Å². The van der Waals surface area contributed by atoms with Crippen molar-refractivity contribution < 1.29 is 8.83 Å². The van der Waals surface area contributed by atoms with Crippen LogP contribution >= 0.6 is 0 Å². The number of rotatable bonds is 4. The number of benzene rings is 7. The molecular formula is C45H26N4O2. The quantitative estimate of drug-likeness (QED) is 0.189. The van der Waals surface area contributed by atoms with Gasteiger partial charge in [-0.25, -0.2) is 15.0 Å². The van der Waals surface area contributed by atoms with E-state index in [0.29, 0.717) is 17.5 Å². The minimum absolute atomic E-state index is 0.588. The molecule has 7 aromatic carbocycles. The zero-order chi connectivity index (χ0) is 33.5. The number of fused-ring (bicyclic) bond motifs is 9. The zero-order valence-electron chi connectivity index (χ0n) is 27.1. The van der Waals surface area contributed by atoms with E-state index in [1.54, 1.807) is 0 Å². The summed E-state index contributed by atoms with van der Waals surface area (Å²) in [6.45, 7) is 0. The minimum Gasteiger partial charge on any atom is -0.456 e. The van der Waals surface area contributed by atoms with E-state index in [1.807, 2.05) is 84.9 Å². The summed E-state index contributed by atoms with van der Waals surface area (Å²) in [4.78, 5) is 15.0. The minimum atomic E-state index is 0.588. The first kappa shape index (κ1) is 27.9. The van der Waals surface area contributed by atoms with Crippen LogP contribution in [0.5, 0.6) is 0 Å². The van der Waals surface area contributed by atoms with Crippen molar-refractivity contribution in [2.75, 3.05) is 0 Å². The van der Waals surface area contributed by atoms with Gasteiger partial charge in [-0.15, -0.1) is 0 Å². The Morgan fingerprint density at radius 3 is 1.80 bits per heavy atom. The molecule has 0 N–H and O–H groups in total. The van der Waals surface area contributed by atoms with Crippen molar-refractivity contribution in [3.05, 3.63) is 158 Å². The molecule has 0 spiro atoms. The van der Waals surface area contributed by atoms with Gasteiger partial charge in [-0.2, -0.15) is 0 Å². The first-order valence-electron chi connectivity index (χ1n) is 16.9. The van der Waals surface area contributed by atoms with E-state index >= 15 is 0 Å². The van der Waals surface area contributed by atoms with Gasteiger partial charge in [0.1, 0.15) is 16.7 Å². The fourth-order valence-corrected chi connectivity index (χ4v) is 7.57. The maximum atomic E-state index is 6.82. The maximum Gasteiger partial charge on any atom is 0.164 e. The Bertz CT molecular complexity index is 3080. The molecule has 0 unspecified atom stereocenters. The molecule has 0 aliphatic carbocycles. The molecule has 6 nitrogen and oxygen atoms in total. The van der Waals surface area contributed by atoms with Gasteiger partial charge >= 0.3 is 0 Å². The number of nitrogens with zero attached hydrogens (tertiary/aromatic N) is 4. The lowest BCUT2D eigenvalue weighted by molar-refractivity contribution is 0.665. The molecule has 0 amide bonds. The van der Waals surface area contributed by atoms with E-state index in [-0.39, 0.29) is 0 Å². The third-order valence-electron chi connectivity index (χ3n) is 9.85. The second-order valence-electron chi connectivity index (χ2n) is 12.8. The van der Waals surface area contributed by atoms with Crippen molar-refractivity contribution in [3.63, 3.8) is 0 Å². The van der Waals surface area contributed by atoms with Crippen LogP contribution in [0.25, 0.3) is 106 Å². The number of furan rings is 2. The Morgan fingerprint density at radius 2 is 1.02 bits per heavy atom. The molecule has 238 valence electrons. The first-order valence-corrected chi connectivity index (χ1v) is 16.9. The molecule has 11 aromatic rings. The van der Waals surface area contributed by atoms with Gasteiger partial charge in [0.25, 0.3) is 0 Å². The lowest BCUT2D eigenvalue weighted by Gasteiger charge is -2.09. The van der Waals surface area contributed by atoms with Crippen LogP contribution in [0.1, 0.15) is 0 Å². The molecule has 0 saturated carbocycles. The molecule has 4 aromatic heterocycles. The molecule has 11 rings (SSSR count). The number of hydrogen-bond acceptors (Lipinski definition) is 5. The third kappa shape index (κ3) is 4.20. The van der Waals surface area contributed by atoms with E-state index < -0.39 is 0 Å². The highest BCUT2D eigenvalue weighted by molar-refractivity contribution is 6.19. The van der Waals surface area contributed by atoms with Crippen LogP contribution in [0, 0.1) is 0 Å². The first-order chi connectivity index (χ1) is 25.3. The molecule has 0 radical (unpaired) electrons. The summed E-state index contributed by atoms with van der Waals surface area (Å²) in [7, 11) is 0. The molecule has 4 heterocycles. The summed E-state index contributed by atoms with van der Waals surface area (Å²) in [5, 5.41) is 6.49. The van der Waals surface area contributed by atoms with Crippen LogP contribution in [0.3, 0.4) is 0 Å². The van der Waals surface area contributed by atoms with Gasteiger partial charge in [-0.05, 0) is 30.3 Å². The van der Waals surface area contributed by atoms with Crippen LogP contribution in [0.2, 0.25) is 0 Å². The van der Waals surface area contributed by atoms with Gasteiger partial charge in [0.15, 0.2) is 23.1 Å². The summed E-state index contributed by atoms with van der Waals surface area (Å²) >= 11 is 0. The van der Waals surface area contributed by atoms with Gasteiger partial charge in [-0.3, -0.25) is 0 Å². The Balaban J connectivity index is 1.18. The third-order valence-corrected chi connectivity index (χ3v) is 9.85. The van der Waals surface area contributed by atoms with Crippen LogP contribution in [-0.2, 0) is 0 Å². The van der Waals surface area contributed by atoms with Crippen molar-refractivity contribution in [2.24, 2.45) is 0 Å². The van der Waals surface area contributed by atoms with E-state index in [9.17, 15) is 0 Å². The van der Waals surface area contributed by atoms with Crippen molar-refractivity contribution in [1.29, 1.82) is 0 Å². The van der Waals surface area contributed by atoms with Crippen LogP contribution in [0.4, 0.5) is 0 Å². The van der Waals surface area contributed by atoms with Crippen molar-refractivity contribution in [3.8, 4) is 39.9 Å². The van der Waals surface area contributed by atoms with E-state index in [0.717, 1.165) is 82.7 Å². The zero-order valence-corrected chi connectivity index (χ0v) is 27.1. The van der Waals surface area contributed by atoms with Gasteiger partial charge in [-0.1, -0.05) is 121 Å². The highest BCUT2D eigenvalue weighted by Crippen LogP contribution is 2.42. The second-order valence-corrected chi connectivity index (χ2v) is 12.8. The number of hydrogen-bond donors (Lipinski definition) is 0. The van der Waals surface area contributed by atoms with Crippen LogP contribution in [0.15, 0.2) is 167 Å². The second kappa shape index (κ2) is 10.7. The molecule has 0 atom stereocenters. The lowest BCUT2D eigenvalue weighted by atomic mass is 10.0. The molecule has 6 heteroatoms. The fraction of sp³-hybridized carbons (Fsp3) is 0. The van der Waals surface area contributed by atoms with E-state index in [2.05, 4.69) is 77.4 Å². The summed E-state index contributed by atoms with van der Waals surface area (Å²) < 4.78 is 15.5. The highest BCUT2D eigenvalue weighted by Gasteiger charge is 2.22. The van der Waals surface area contributed by atoms with Gasteiger partial charge < -0.3 is 13.4 Å². The number of para-hydroxylation sites is 3. The van der Waals surface area contributed by atoms with Crippen molar-refractivity contribution in [1.82, 2.24) is 19.5 Å². The average molecular weight is 655 g/mol. The number of aromatic nitrogens is 4. The Kier molecular flexibility index (Phi) is 5.86. The monoisotopic (exact) mass is 654 g/mol. The molecule has 0 aliphatic heterocycles.